The Morgan fingerprint density at radius 3 is 3.00 bits per heavy atom. The fourth-order valence-corrected chi connectivity index (χ4v) is 1.10. The second-order valence-corrected chi connectivity index (χ2v) is 2.59. The maximum absolute atomic E-state index is 11.2. The summed E-state index contributed by atoms with van der Waals surface area (Å²) in [6.45, 7) is 2.05. The van der Waals surface area contributed by atoms with E-state index in [4.69, 9.17) is 4.42 Å². The fraction of sp³-hybridized carbons (Fsp3) is 0.444. The van der Waals surface area contributed by atoms with Crippen molar-refractivity contribution in [1.29, 1.82) is 0 Å². The lowest BCUT2D eigenvalue weighted by atomic mass is 10.1. The molecule has 0 atom stereocenters. The van der Waals surface area contributed by atoms with Gasteiger partial charge in [0.25, 0.3) is 5.91 Å². The smallest absolute Gasteiger partial charge is 0.254 e. The lowest BCUT2D eigenvalue weighted by molar-refractivity contribution is 0.0961. The van der Waals surface area contributed by atoms with E-state index in [1.165, 1.54) is 0 Å². The first kappa shape index (κ1) is 8.84. The van der Waals surface area contributed by atoms with Crippen molar-refractivity contribution in [2.24, 2.45) is 0 Å². The third kappa shape index (κ3) is 1.67. The number of rotatable bonds is 3. The Balaban J connectivity index is 2.83. The summed E-state index contributed by atoms with van der Waals surface area (Å²) in [5, 5.41) is 2.57. The predicted molar refractivity (Wildman–Crippen MR) is 46.1 cm³/mol. The molecule has 0 unspecified atom stereocenters. The molecule has 3 nitrogen and oxygen atoms in total. The van der Waals surface area contributed by atoms with E-state index >= 15 is 0 Å². The largest absolute Gasteiger partial charge is 0.469 e. The average molecular weight is 167 g/mol. The minimum Gasteiger partial charge on any atom is -0.469 e. The van der Waals surface area contributed by atoms with Crippen LogP contribution in [0, 0.1) is 0 Å². The summed E-state index contributed by atoms with van der Waals surface area (Å²) in [5.74, 6) is 0.698. The molecule has 0 saturated heterocycles. The van der Waals surface area contributed by atoms with Crippen molar-refractivity contribution in [2.45, 2.75) is 19.8 Å². The van der Waals surface area contributed by atoms with Crippen molar-refractivity contribution in [1.82, 2.24) is 5.32 Å². The second kappa shape index (κ2) is 3.95. The summed E-state index contributed by atoms with van der Waals surface area (Å²) >= 11 is 0. The molecule has 0 spiro atoms. The van der Waals surface area contributed by atoms with Crippen LogP contribution in [-0.2, 0) is 6.42 Å². The first-order valence-corrected chi connectivity index (χ1v) is 4.08. The van der Waals surface area contributed by atoms with E-state index in [9.17, 15) is 4.79 Å². The highest BCUT2D eigenvalue weighted by Crippen LogP contribution is 2.12. The summed E-state index contributed by atoms with van der Waals surface area (Å²) < 4.78 is 5.17. The lowest BCUT2D eigenvalue weighted by Crippen LogP contribution is -2.18. The molecule has 0 fully saturated rings. The molecule has 1 aromatic rings. The molecular weight excluding hydrogens is 154 g/mol. The van der Waals surface area contributed by atoms with Gasteiger partial charge in [0.05, 0.1) is 11.8 Å². The highest BCUT2D eigenvalue weighted by molar-refractivity contribution is 5.94. The van der Waals surface area contributed by atoms with E-state index in [1.807, 2.05) is 0 Å². The summed E-state index contributed by atoms with van der Waals surface area (Å²) in [7, 11) is 1.62. The molecule has 0 aromatic carbocycles. The van der Waals surface area contributed by atoms with Crippen LogP contribution >= 0.6 is 0 Å². The van der Waals surface area contributed by atoms with Crippen molar-refractivity contribution >= 4 is 5.91 Å². The molecule has 0 saturated carbocycles. The molecule has 0 radical (unpaired) electrons. The Kier molecular flexibility index (Phi) is 2.91. The van der Waals surface area contributed by atoms with Crippen LogP contribution < -0.4 is 5.32 Å². The molecule has 0 aliphatic rings. The van der Waals surface area contributed by atoms with Crippen molar-refractivity contribution in [2.75, 3.05) is 7.05 Å². The second-order valence-electron chi connectivity index (χ2n) is 2.59. The number of furan rings is 1. The molecule has 12 heavy (non-hydrogen) atoms. The van der Waals surface area contributed by atoms with Crippen LogP contribution in [0.15, 0.2) is 16.7 Å². The Labute approximate surface area is 71.8 Å². The molecule has 66 valence electrons. The number of amides is 1. The molecule has 0 bridgehead atoms. The van der Waals surface area contributed by atoms with E-state index in [1.54, 1.807) is 19.4 Å². The molecule has 1 N–H and O–H groups in total. The minimum atomic E-state index is -0.0767. The van der Waals surface area contributed by atoms with Crippen molar-refractivity contribution in [3.63, 3.8) is 0 Å². The number of nitrogens with one attached hydrogen (secondary N) is 1. The van der Waals surface area contributed by atoms with Crippen LogP contribution in [0.2, 0.25) is 0 Å². The van der Waals surface area contributed by atoms with E-state index in [2.05, 4.69) is 12.2 Å². The van der Waals surface area contributed by atoms with Crippen molar-refractivity contribution < 1.29 is 9.21 Å². The molecule has 0 aliphatic heterocycles. The Morgan fingerprint density at radius 2 is 2.42 bits per heavy atom. The zero-order valence-corrected chi connectivity index (χ0v) is 7.39. The highest BCUT2D eigenvalue weighted by atomic mass is 16.3. The summed E-state index contributed by atoms with van der Waals surface area (Å²) in [4.78, 5) is 11.2. The number of hydrogen-bond donors (Lipinski definition) is 1. The van der Waals surface area contributed by atoms with Gasteiger partial charge in [-0.15, -0.1) is 0 Å². The van der Waals surface area contributed by atoms with E-state index < -0.39 is 0 Å². The van der Waals surface area contributed by atoms with Crippen molar-refractivity contribution in [3.8, 4) is 0 Å². The van der Waals surface area contributed by atoms with Gasteiger partial charge in [0.1, 0.15) is 5.76 Å². The third-order valence-electron chi connectivity index (χ3n) is 1.69. The van der Waals surface area contributed by atoms with Gasteiger partial charge in [-0.1, -0.05) is 6.92 Å². The fourth-order valence-electron chi connectivity index (χ4n) is 1.10. The predicted octanol–water partition coefficient (Wildman–Crippen LogP) is 1.59. The molecule has 1 rings (SSSR count). The summed E-state index contributed by atoms with van der Waals surface area (Å²) in [6, 6.07) is 1.70. The maximum Gasteiger partial charge on any atom is 0.254 e. The van der Waals surface area contributed by atoms with Crippen LogP contribution in [0.1, 0.15) is 29.5 Å². The zero-order valence-electron chi connectivity index (χ0n) is 7.39. The van der Waals surface area contributed by atoms with Gasteiger partial charge >= 0.3 is 0 Å². The van der Waals surface area contributed by atoms with Crippen molar-refractivity contribution in [3.05, 3.63) is 23.7 Å². The highest BCUT2D eigenvalue weighted by Gasteiger charge is 2.11. The Bertz CT molecular complexity index is 265. The summed E-state index contributed by atoms with van der Waals surface area (Å²) in [5.41, 5.74) is 0.652. The van der Waals surface area contributed by atoms with Crippen LogP contribution in [0.5, 0.6) is 0 Å². The van der Waals surface area contributed by atoms with E-state index in [0.29, 0.717) is 5.56 Å². The monoisotopic (exact) mass is 167 g/mol. The standard InChI is InChI=1S/C9H13NO2/c1-3-4-8-7(5-6-12-8)9(11)10-2/h5-6H,3-4H2,1-2H3,(H,10,11). The van der Waals surface area contributed by atoms with Gasteiger partial charge in [-0.3, -0.25) is 4.79 Å². The van der Waals surface area contributed by atoms with Gasteiger partial charge in [0, 0.05) is 13.5 Å². The normalized spacial score (nSPS) is 9.83. The molecule has 0 aliphatic carbocycles. The van der Waals surface area contributed by atoms with Gasteiger partial charge in [-0.25, -0.2) is 0 Å². The van der Waals surface area contributed by atoms with Gasteiger partial charge in [0.15, 0.2) is 0 Å². The van der Waals surface area contributed by atoms with Crippen LogP contribution in [-0.4, -0.2) is 13.0 Å². The number of carbonyl (C=O) groups excluding carboxylic acids is 1. The maximum atomic E-state index is 11.2. The average Bonchev–Trinajstić information content (AvgIpc) is 2.52. The number of carbonyl (C=O) groups is 1. The van der Waals surface area contributed by atoms with Crippen LogP contribution in [0.4, 0.5) is 0 Å². The van der Waals surface area contributed by atoms with Crippen LogP contribution in [0.25, 0.3) is 0 Å². The zero-order chi connectivity index (χ0) is 8.97. The number of hydrogen-bond acceptors (Lipinski definition) is 2. The van der Waals surface area contributed by atoms with Gasteiger partial charge in [-0.2, -0.15) is 0 Å². The SMILES string of the molecule is CCCc1occc1C(=O)NC. The quantitative estimate of drug-likeness (QED) is 0.742. The first-order chi connectivity index (χ1) is 5.79. The van der Waals surface area contributed by atoms with Gasteiger partial charge < -0.3 is 9.73 Å². The first-order valence-electron chi connectivity index (χ1n) is 4.08. The van der Waals surface area contributed by atoms with E-state index in [-0.39, 0.29) is 5.91 Å². The molecule has 1 heterocycles. The number of aryl methyl sites for hydroxylation is 1. The lowest BCUT2D eigenvalue weighted by Gasteiger charge is -1.98. The van der Waals surface area contributed by atoms with Gasteiger partial charge in [0.2, 0.25) is 0 Å². The van der Waals surface area contributed by atoms with Crippen LogP contribution in [0.3, 0.4) is 0 Å². The topological polar surface area (TPSA) is 42.2 Å². The molecule has 1 aromatic heterocycles. The molecule has 1 amide bonds. The third-order valence-corrected chi connectivity index (χ3v) is 1.69. The Hall–Kier alpha value is -1.25. The summed E-state index contributed by atoms with van der Waals surface area (Å²) in [6.07, 6.45) is 3.35. The molecule has 3 heteroatoms. The van der Waals surface area contributed by atoms with Gasteiger partial charge in [-0.05, 0) is 12.5 Å². The molecular formula is C9H13NO2. The Morgan fingerprint density at radius 1 is 1.67 bits per heavy atom. The minimum absolute atomic E-state index is 0.0767. The van der Waals surface area contributed by atoms with E-state index in [0.717, 1.165) is 18.6 Å².